The van der Waals surface area contributed by atoms with Gasteiger partial charge >= 0.3 is 175 Å². The Morgan fingerprint density at radius 1 is 0.778 bits per heavy atom. The third kappa shape index (κ3) is 3.64. The first-order chi connectivity index (χ1) is 14.4. The standard InChI is InChI=1S/C13H14N.2C6H5.Bi/c1-10-8-13(14-9-11(10)2)12-6-4-3-5-7-12;2*1-2-4-6-5-3-1;/h3-9,14H,1-2H3;2*1-5H;/i1D3;;;. The van der Waals surface area contributed by atoms with Gasteiger partial charge in [0.15, 0.2) is 0 Å². The Hall–Kier alpha value is -2.18. The number of nitrogens with one attached hydrogen (secondary N) is 1. The Morgan fingerprint density at radius 3 is 1.81 bits per heavy atom. The van der Waals surface area contributed by atoms with Crippen LogP contribution in [0.5, 0.6) is 0 Å². The molecule has 1 aliphatic heterocycles. The van der Waals surface area contributed by atoms with Crippen molar-refractivity contribution < 1.29 is 4.11 Å². The minimum absolute atomic E-state index is 0.865. The molecular formula is C25H24BiN. The number of hydrogen-bond acceptors (Lipinski definition) is 1. The topological polar surface area (TPSA) is 12.0 Å². The second-order valence-electron chi connectivity index (χ2n) is 6.67. The monoisotopic (exact) mass is 550 g/mol. The van der Waals surface area contributed by atoms with E-state index in [0.717, 1.165) is 16.8 Å². The SMILES string of the molecule is [2H]C([2H])([2H])[C]1([Bi]([c]2ccccc2)[c]2ccccc2)C=C(c2ccccc2)NC=C1C. The molecule has 1 aliphatic rings. The van der Waals surface area contributed by atoms with Crippen LogP contribution in [0.15, 0.2) is 109 Å². The van der Waals surface area contributed by atoms with Crippen LogP contribution >= 0.6 is 0 Å². The summed E-state index contributed by atoms with van der Waals surface area (Å²) in [5.41, 5.74) is 2.75. The van der Waals surface area contributed by atoms with Gasteiger partial charge in [-0.1, -0.05) is 0 Å². The number of allylic oxidation sites excluding steroid dienone is 2. The van der Waals surface area contributed by atoms with Crippen LogP contribution in [0.4, 0.5) is 0 Å². The number of rotatable bonds is 4. The third-order valence-corrected chi connectivity index (χ3v) is 15.8. The summed E-state index contributed by atoms with van der Waals surface area (Å²) in [7, 11) is 0. The zero-order chi connectivity index (χ0) is 21.2. The zero-order valence-electron chi connectivity index (χ0n) is 18.3. The first kappa shape index (κ1) is 14.8. The van der Waals surface area contributed by atoms with Crippen LogP contribution in [0.2, 0.25) is 3.12 Å². The summed E-state index contributed by atoms with van der Waals surface area (Å²) in [5.74, 6) is 0. The molecule has 1 nitrogen and oxygen atoms in total. The zero-order valence-corrected chi connectivity index (χ0v) is 18.7. The molecule has 134 valence electrons. The minimum atomic E-state index is -3.15. The van der Waals surface area contributed by atoms with Gasteiger partial charge in [0.05, 0.1) is 0 Å². The first-order valence-corrected chi connectivity index (χ1v) is 14.3. The molecule has 0 aliphatic carbocycles. The molecule has 0 fully saturated rings. The summed E-state index contributed by atoms with van der Waals surface area (Å²) >= 11 is -3.15. The molecule has 0 aromatic heterocycles. The molecule has 1 heterocycles. The number of dihydropyridines is 1. The molecule has 0 saturated carbocycles. The second kappa shape index (κ2) is 7.82. The van der Waals surface area contributed by atoms with Gasteiger partial charge in [-0.2, -0.15) is 0 Å². The van der Waals surface area contributed by atoms with Crippen LogP contribution in [0, 0.1) is 0 Å². The Bertz CT molecular complexity index is 1020. The summed E-state index contributed by atoms with van der Waals surface area (Å²) in [4.78, 5) is 0. The van der Waals surface area contributed by atoms with Crippen molar-refractivity contribution in [2.24, 2.45) is 0 Å². The summed E-state index contributed by atoms with van der Waals surface area (Å²) < 4.78 is 27.7. The van der Waals surface area contributed by atoms with Gasteiger partial charge < -0.3 is 0 Å². The summed E-state index contributed by atoms with van der Waals surface area (Å²) in [5, 5.41) is 3.35. The van der Waals surface area contributed by atoms with Gasteiger partial charge in [0.1, 0.15) is 0 Å². The van der Waals surface area contributed by atoms with Gasteiger partial charge in [-0.05, 0) is 0 Å². The Balaban J connectivity index is 2.01. The van der Waals surface area contributed by atoms with Crippen molar-refractivity contribution in [1.29, 1.82) is 0 Å². The van der Waals surface area contributed by atoms with Crippen LogP contribution < -0.4 is 11.9 Å². The predicted molar refractivity (Wildman–Crippen MR) is 118 cm³/mol. The van der Waals surface area contributed by atoms with Crippen LogP contribution in [0.25, 0.3) is 5.70 Å². The molecule has 0 saturated heterocycles. The van der Waals surface area contributed by atoms with Crippen molar-refractivity contribution in [1.82, 2.24) is 5.32 Å². The predicted octanol–water partition coefficient (Wildman–Crippen LogP) is 4.60. The van der Waals surface area contributed by atoms with E-state index in [2.05, 4.69) is 29.6 Å². The van der Waals surface area contributed by atoms with E-state index in [0.29, 0.717) is 0 Å². The molecule has 0 amide bonds. The molecule has 1 unspecified atom stereocenters. The van der Waals surface area contributed by atoms with Gasteiger partial charge in [0.2, 0.25) is 0 Å². The molecule has 2 heteroatoms. The Morgan fingerprint density at radius 2 is 1.30 bits per heavy atom. The first-order valence-electron chi connectivity index (χ1n) is 10.6. The van der Waals surface area contributed by atoms with Crippen LogP contribution in [-0.2, 0) is 0 Å². The molecular weight excluding hydrogens is 523 g/mol. The van der Waals surface area contributed by atoms with Crippen molar-refractivity contribution in [3.8, 4) is 0 Å². The summed E-state index contributed by atoms with van der Waals surface area (Å²) in [6, 6.07) is 30.5. The van der Waals surface area contributed by atoms with E-state index in [1.54, 1.807) is 0 Å². The van der Waals surface area contributed by atoms with Crippen molar-refractivity contribution in [2.45, 2.75) is 16.9 Å². The van der Waals surface area contributed by atoms with E-state index < -0.39 is 31.7 Å². The van der Waals surface area contributed by atoms with Crippen LogP contribution in [0.3, 0.4) is 0 Å². The summed E-state index contributed by atoms with van der Waals surface area (Å²) in [6.07, 6.45) is 3.92. The molecule has 0 spiro atoms. The Kier molecular flexibility index (Phi) is 4.30. The van der Waals surface area contributed by atoms with Crippen molar-refractivity contribution in [2.75, 3.05) is 0 Å². The fraction of sp³-hybridized carbons (Fsp3) is 0.120. The van der Waals surface area contributed by atoms with E-state index in [1.807, 2.05) is 85.9 Å². The van der Waals surface area contributed by atoms with E-state index in [9.17, 15) is 0 Å². The number of benzene rings is 3. The Labute approximate surface area is 174 Å². The quantitative estimate of drug-likeness (QED) is 0.469. The van der Waals surface area contributed by atoms with E-state index in [1.165, 1.54) is 6.54 Å². The fourth-order valence-electron chi connectivity index (χ4n) is 3.40. The molecule has 3 aromatic carbocycles. The average Bonchev–Trinajstić information content (AvgIpc) is 2.76. The van der Waals surface area contributed by atoms with Crippen molar-refractivity contribution >= 4 is 34.0 Å². The van der Waals surface area contributed by atoms with Gasteiger partial charge in [0, 0.05) is 0 Å². The van der Waals surface area contributed by atoms with Gasteiger partial charge in [-0.25, -0.2) is 0 Å². The third-order valence-electron chi connectivity index (χ3n) is 4.86. The average molecular weight is 550 g/mol. The fourth-order valence-corrected chi connectivity index (χ4v) is 14.0. The normalized spacial score (nSPS) is 21.3. The molecule has 0 bridgehead atoms. The molecule has 27 heavy (non-hydrogen) atoms. The van der Waals surface area contributed by atoms with E-state index >= 15 is 0 Å². The maximum atomic E-state index is 8.76. The van der Waals surface area contributed by atoms with Crippen LogP contribution in [0.1, 0.15) is 23.5 Å². The molecule has 3 aromatic rings. The number of hydrogen-bond donors (Lipinski definition) is 1. The maximum absolute atomic E-state index is 8.76. The van der Waals surface area contributed by atoms with Crippen LogP contribution in [-0.4, -0.2) is 21.8 Å². The second-order valence-corrected chi connectivity index (χ2v) is 16.0. The van der Waals surface area contributed by atoms with E-state index in [-0.39, 0.29) is 0 Å². The van der Waals surface area contributed by atoms with Gasteiger partial charge in [0.25, 0.3) is 0 Å². The van der Waals surface area contributed by atoms with Gasteiger partial charge in [-0.15, -0.1) is 0 Å². The molecule has 0 radical (unpaired) electrons. The van der Waals surface area contributed by atoms with Gasteiger partial charge in [-0.3, -0.25) is 0 Å². The van der Waals surface area contributed by atoms with Crippen molar-refractivity contribution in [3.63, 3.8) is 0 Å². The molecule has 1 atom stereocenters. The van der Waals surface area contributed by atoms with E-state index in [4.69, 9.17) is 4.11 Å². The van der Waals surface area contributed by atoms with Crippen molar-refractivity contribution in [3.05, 3.63) is 114 Å². The summed E-state index contributed by atoms with van der Waals surface area (Å²) in [6.45, 7) is -0.203. The molecule has 1 N–H and O–H groups in total. The molecule has 4 rings (SSSR count).